The number of amides is 3. The molecule has 10 heteroatoms. The first kappa shape index (κ1) is 27.0. The summed E-state index contributed by atoms with van der Waals surface area (Å²) in [5.41, 5.74) is 2.44. The van der Waals surface area contributed by atoms with Gasteiger partial charge in [-0.05, 0) is 48.2 Å². The third-order valence-corrected chi connectivity index (χ3v) is 8.27. The molecule has 3 amide bonds. The zero-order chi connectivity index (χ0) is 28.9. The van der Waals surface area contributed by atoms with E-state index in [0.717, 1.165) is 16.5 Å². The van der Waals surface area contributed by atoms with Crippen molar-refractivity contribution in [2.75, 3.05) is 13.1 Å². The number of piperazine rings is 1. The van der Waals surface area contributed by atoms with Gasteiger partial charge in [-0.15, -0.1) is 0 Å². The number of H-pyrrole nitrogens is 1. The number of halogens is 1. The third-order valence-electron chi connectivity index (χ3n) is 7.96. The van der Waals surface area contributed by atoms with Gasteiger partial charge in [-0.3, -0.25) is 24.4 Å². The number of nitrogens with one attached hydrogen (secondary N) is 2. The molecule has 9 nitrogen and oxygen atoms in total. The van der Waals surface area contributed by atoms with Crippen LogP contribution in [0.5, 0.6) is 0 Å². The first-order valence-electron chi connectivity index (χ1n) is 13.7. The zero-order valence-corrected chi connectivity index (χ0v) is 23.9. The Morgan fingerprint density at radius 3 is 2.41 bits per heavy atom. The Labute approximate surface area is 242 Å². The molecular weight excluding hydrogens is 540 g/mol. The van der Waals surface area contributed by atoms with E-state index in [1.807, 2.05) is 49.9 Å². The maximum Gasteiger partial charge on any atom is 0.272 e. The van der Waals surface area contributed by atoms with Crippen molar-refractivity contribution in [1.82, 2.24) is 30.1 Å². The van der Waals surface area contributed by atoms with E-state index >= 15 is 0 Å². The summed E-state index contributed by atoms with van der Waals surface area (Å²) in [5, 5.41) is 4.43. The van der Waals surface area contributed by atoms with Crippen LogP contribution in [-0.2, 0) is 4.79 Å². The third kappa shape index (κ3) is 5.06. The van der Waals surface area contributed by atoms with Gasteiger partial charge in [-0.2, -0.15) is 0 Å². The number of hydrogen-bond acceptors (Lipinski definition) is 5. The van der Waals surface area contributed by atoms with Crippen molar-refractivity contribution in [3.05, 3.63) is 83.4 Å². The Balaban J connectivity index is 1.13. The van der Waals surface area contributed by atoms with Gasteiger partial charge in [0.1, 0.15) is 17.4 Å². The Bertz CT molecular complexity index is 1610. The molecule has 3 atom stereocenters. The maximum atomic E-state index is 13.8. The molecule has 2 bridgehead atoms. The molecule has 2 N–H and O–H groups in total. The molecule has 2 aliphatic rings. The fourth-order valence-corrected chi connectivity index (χ4v) is 6.04. The molecule has 210 valence electrons. The SMILES string of the molecule is CC(C)(C)[C@H](NC(=O)c1cc2ccccc2[nH]1)C(=O)N1C[C@@H]2C[C@H]1CN2C(=O)c1ccc(-c2ncccc2Cl)cn1. The van der Waals surface area contributed by atoms with E-state index in [1.54, 1.807) is 47.6 Å². The molecule has 2 saturated heterocycles. The number of benzene rings is 1. The van der Waals surface area contributed by atoms with E-state index in [9.17, 15) is 14.4 Å². The number of aromatic nitrogens is 3. The molecule has 2 aliphatic heterocycles. The van der Waals surface area contributed by atoms with Crippen LogP contribution in [0, 0.1) is 5.41 Å². The second-order valence-electron chi connectivity index (χ2n) is 11.8. The number of pyridine rings is 2. The van der Waals surface area contributed by atoms with Crippen molar-refractivity contribution in [2.45, 2.75) is 45.3 Å². The fourth-order valence-electron chi connectivity index (χ4n) is 5.81. The molecule has 5 heterocycles. The number of aromatic amines is 1. The molecule has 3 aromatic heterocycles. The monoisotopic (exact) mass is 570 g/mol. The van der Waals surface area contributed by atoms with Gasteiger partial charge in [0.15, 0.2) is 0 Å². The maximum absolute atomic E-state index is 13.8. The lowest BCUT2D eigenvalue weighted by atomic mass is 9.85. The first-order valence-corrected chi connectivity index (χ1v) is 14.0. The molecule has 0 aliphatic carbocycles. The molecule has 0 spiro atoms. The van der Waals surface area contributed by atoms with E-state index in [-0.39, 0.29) is 29.8 Å². The summed E-state index contributed by atoms with van der Waals surface area (Å²) in [6, 6.07) is 15.5. The van der Waals surface area contributed by atoms with Crippen LogP contribution < -0.4 is 5.32 Å². The summed E-state index contributed by atoms with van der Waals surface area (Å²) in [7, 11) is 0. The lowest BCUT2D eigenvalue weighted by molar-refractivity contribution is -0.138. The fraction of sp³-hybridized carbons (Fsp3) is 0.323. The van der Waals surface area contributed by atoms with Crippen molar-refractivity contribution >= 4 is 40.2 Å². The molecule has 0 radical (unpaired) electrons. The van der Waals surface area contributed by atoms with Crippen LogP contribution in [0.3, 0.4) is 0 Å². The van der Waals surface area contributed by atoms with Gasteiger partial charge in [-0.1, -0.05) is 50.6 Å². The van der Waals surface area contributed by atoms with E-state index in [1.165, 1.54) is 0 Å². The Kier molecular flexibility index (Phi) is 6.77. The largest absolute Gasteiger partial charge is 0.351 e. The van der Waals surface area contributed by atoms with Crippen molar-refractivity contribution < 1.29 is 14.4 Å². The normalized spacial score (nSPS) is 19.0. The number of hydrogen-bond donors (Lipinski definition) is 2. The highest BCUT2D eigenvalue weighted by atomic mass is 35.5. The molecule has 0 saturated carbocycles. The number of fused-ring (bicyclic) bond motifs is 3. The van der Waals surface area contributed by atoms with Gasteiger partial charge in [0, 0.05) is 41.9 Å². The number of nitrogens with zero attached hydrogens (tertiary/aromatic N) is 4. The van der Waals surface area contributed by atoms with Crippen LogP contribution in [0.1, 0.15) is 48.2 Å². The number of para-hydroxylation sites is 1. The number of carbonyl (C=O) groups excluding carboxylic acids is 3. The van der Waals surface area contributed by atoms with Crippen LogP contribution >= 0.6 is 11.6 Å². The second kappa shape index (κ2) is 10.3. The smallest absolute Gasteiger partial charge is 0.272 e. The standard InChI is InChI=1S/C31H31ClN6O3/c1-31(2,3)27(36-28(39)25-13-18-7-4-5-9-23(18)35-25)30(41)38-17-20-14-21(38)16-37(20)29(40)24-11-10-19(15-34-24)26-22(32)8-6-12-33-26/h4-13,15,20-21,27,35H,14,16-17H2,1-3H3,(H,36,39)/t20-,21-,27+/m0/s1. The van der Waals surface area contributed by atoms with Gasteiger partial charge in [-0.25, -0.2) is 0 Å². The molecule has 0 unspecified atom stereocenters. The van der Waals surface area contributed by atoms with Crippen molar-refractivity contribution in [3.63, 3.8) is 0 Å². The summed E-state index contributed by atoms with van der Waals surface area (Å²) >= 11 is 6.25. The second-order valence-corrected chi connectivity index (χ2v) is 12.2. The summed E-state index contributed by atoms with van der Waals surface area (Å²) < 4.78 is 0. The Morgan fingerprint density at radius 1 is 1.00 bits per heavy atom. The zero-order valence-electron chi connectivity index (χ0n) is 23.1. The molecule has 41 heavy (non-hydrogen) atoms. The highest BCUT2D eigenvalue weighted by Gasteiger charge is 2.50. The van der Waals surface area contributed by atoms with Crippen LogP contribution in [0.2, 0.25) is 5.02 Å². The van der Waals surface area contributed by atoms with E-state index in [0.29, 0.717) is 41.6 Å². The summed E-state index contributed by atoms with van der Waals surface area (Å²) in [4.78, 5) is 55.9. The quantitative estimate of drug-likeness (QED) is 0.366. The van der Waals surface area contributed by atoms with Gasteiger partial charge < -0.3 is 20.1 Å². The van der Waals surface area contributed by atoms with Gasteiger partial charge >= 0.3 is 0 Å². The molecule has 6 rings (SSSR count). The number of carbonyl (C=O) groups is 3. The first-order chi connectivity index (χ1) is 19.6. The molecular formula is C31H31ClN6O3. The molecule has 4 aromatic rings. The highest BCUT2D eigenvalue weighted by Crippen LogP contribution is 2.34. The minimum atomic E-state index is -0.724. The van der Waals surface area contributed by atoms with Crippen LogP contribution in [0.15, 0.2) is 67.0 Å². The van der Waals surface area contributed by atoms with E-state index < -0.39 is 11.5 Å². The summed E-state index contributed by atoms with van der Waals surface area (Å²) in [6.45, 7) is 6.68. The number of likely N-dealkylation sites (tertiary alicyclic amines) is 2. The minimum absolute atomic E-state index is 0.104. The number of rotatable bonds is 5. The van der Waals surface area contributed by atoms with Gasteiger partial charge in [0.05, 0.1) is 22.8 Å². The van der Waals surface area contributed by atoms with Crippen LogP contribution in [-0.4, -0.2) is 73.7 Å². The Hall–Kier alpha value is -4.24. The minimum Gasteiger partial charge on any atom is -0.351 e. The van der Waals surface area contributed by atoms with Gasteiger partial charge in [0.25, 0.3) is 11.8 Å². The predicted molar refractivity (Wildman–Crippen MR) is 156 cm³/mol. The molecule has 1 aromatic carbocycles. The van der Waals surface area contributed by atoms with Crippen molar-refractivity contribution in [2.24, 2.45) is 5.41 Å². The van der Waals surface area contributed by atoms with Gasteiger partial charge in [0.2, 0.25) is 5.91 Å². The topological polar surface area (TPSA) is 111 Å². The van der Waals surface area contributed by atoms with Crippen LogP contribution in [0.4, 0.5) is 0 Å². The van der Waals surface area contributed by atoms with E-state index in [2.05, 4.69) is 20.3 Å². The van der Waals surface area contributed by atoms with Crippen LogP contribution in [0.25, 0.3) is 22.2 Å². The average Bonchev–Trinajstić information content (AvgIpc) is 3.69. The predicted octanol–water partition coefficient (Wildman–Crippen LogP) is 4.55. The van der Waals surface area contributed by atoms with E-state index in [4.69, 9.17) is 11.6 Å². The summed E-state index contributed by atoms with van der Waals surface area (Å²) in [5.74, 6) is -0.615. The average molecular weight is 571 g/mol. The lowest BCUT2D eigenvalue weighted by Gasteiger charge is -2.39. The van der Waals surface area contributed by atoms with Crippen molar-refractivity contribution in [1.29, 1.82) is 0 Å². The Morgan fingerprint density at radius 2 is 1.76 bits per heavy atom. The van der Waals surface area contributed by atoms with Crippen molar-refractivity contribution in [3.8, 4) is 11.3 Å². The highest BCUT2D eigenvalue weighted by molar-refractivity contribution is 6.33. The molecule has 2 fully saturated rings. The summed E-state index contributed by atoms with van der Waals surface area (Å²) in [6.07, 6.45) is 3.97. The lowest BCUT2D eigenvalue weighted by Crippen LogP contribution is -2.59.